The van der Waals surface area contributed by atoms with Gasteiger partial charge in [0.05, 0.1) is 0 Å². The number of aldehydes is 1. The van der Waals surface area contributed by atoms with E-state index in [0.29, 0.717) is 23.7 Å². The van der Waals surface area contributed by atoms with Crippen LogP contribution in [-0.4, -0.2) is 31.3 Å². The van der Waals surface area contributed by atoms with Crippen LogP contribution in [0.25, 0.3) is 0 Å². The van der Waals surface area contributed by atoms with Gasteiger partial charge in [0, 0.05) is 29.4 Å². The molecule has 0 saturated carbocycles. The number of rotatable bonds is 2. The number of nitrogens with zero attached hydrogens (tertiary/aromatic N) is 1. The summed E-state index contributed by atoms with van der Waals surface area (Å²) >= 11 is 5.84. The molecule has 1 aromatic rings. The molecular formula is C12H13ClN2O2. The number of nitrogens with one attached hydrogen (secondary N) is 1. The van der Waals surface area contributed by atoms with Crippen LogP contribution in [0.15, 0.2) is 18.2 Å². The molecule has 0 aliphatic carbocycles. The zero-order chi connectivity index (χ0) is 12.4. The Kier molecular flexibility index (Phi) is 3.33. The molecule has 1 unspecified atom stereocenters. The van der Waals surface area contributed by atoms with E-state index < -0.39 is 0 Å². The number of hydrogen-bond acceptors (Lipinski definition) is 3. The molecular weight excluding hydrogens is 240 g/mol. The molecule has 1 saturated heterocycles. The molecule has 1 N–H and O–H groups in total. The average molecular weight is 253 g/mol. The second kappa shape index (κ2) is 4.75. The summed E-state index contributed by atoms with van der Waals surface area (Å²) < 4.78 is 0. The molecule has 5 heteroatoms. The van der Waals surface area contributed by atoms with Crippen molar-refractivity contribution in [3.05, 3.63) is 28.8 Å². The van der Waals surface area contributed by atoms with E-state index >= 15 is 0 Å². The Balaban J connectivity index is 2.38. The van der Waals surface area contributed by atoms with Crippen molar-refractivity contribution in [2.24, 2.45) is 0 Å². The van der Waals surface area contributed by atoms with Crippen molar-refractivity contribution in [3.8, 4) is 0 Å². The van der Waals surface area contributed by atoms with E-state index in [1.54, 1.807) is 18.2 Å². The minimum absolute atomic E-state index is 0.0250. The summed E-state index contributed by atoms with van der Waals surface area (Å²) in [6, 6.07) is 4.84. The predicted molar refractivity (Wildman–Crippen MR) is 66.7 cm³/mol. The molecule has 2 rings (SSSR count). The number of anilines is 1. The Morgan fingerprint density at radius 3 is 3.00 bits per heavy atom. The van der Waals surface area contributed by atoms with E-state index in [0.717, 1.165) is 12.0 Å². The number of halogens is 1. The van der Waals surface area contributed by atoms with Crippen molar-refractivity contribution in [2.45, 2.75) is 13.0 Å². The molecule has 0 aromatic heterocycles. The van der Waals surface area contributed by atoms with Crippen molar-refractivity contribution >= 4 is 29.5 Å². The molecule has 17 heavy (non-hydrogen) atoms. The maximum Gasteiger partial charge on any atom is 0.242 e. The highest BCUT2D eigenvalue weighted by Crippen LogP contribution is 2.25. The molecule has 1 aliphatic heterocycles. The fraction of sp³-hybridized carbons (Fsp3) is 0.333. The maximum atomic E-state index is 11.6. The Hall–Kier alpha value is -1.55. The van der Waals surface area contributed by atoms with Gasteiger partial charge in [0.1, 0.15) is 6.04 Å². The van der Waals surface area contributed by atoms with Gasteiger partial charge in [-0.3, -0.25) is 9.59 Å². The topological polar surface area (TPSA) is 49.4 Å². The number of hydrogen-bond donors (Lipinski definition) is 1. The first-order valence-electron chi connectivity index (χ1n) is 5.42. The van der Waals surface area contributed by atoms with Crippen LogP contribution >= 0.6 is 11.6 Å². The first-order valence-corrected chi connectivity index (χ1v) is 5.80. The quantitative estimate of drug-likeness (QED) is 0.811. The number of carbonyl (C=O) groups excluding carboxylic acids is 2. The molecule has 4 nitrogen and oxygen atoms in total. The zero-order valence-electron chi connectivity index (χ0n) is 9.44. The lowest BCUT2D eigenvalue weighted by Crippen LogP contribution is -2.54. The van der Waals surface area contributed by atoms with Gasteiger partial charge in [0.2, 0.25) is 5.91 Å². The van der Waals surface area contributed by atoms with Crippen molar-refractivity contribution in [1.82, 2.24) is 5.32 Å². The molecule has 1 atom stereocenters. The fourth-order valence-electron chi connectivity index (χ4n) is 1.99. The molecule has 0 spiro atoms. The third kappa shape index (κ3) is 2.26. The lowest BCUT2D eigenvalue weighted by Gasteiger charge is -2.35. The van der Waals surface area contributed by atoms with Gasteiger partial charge in [-0.2, -0.15) is 0 Å². The lowest BCUT2D eigenvalue weighted by molar-refractivity contribution is -0.122. The van der Waals surface area contributed by atoms with Gasteiger partial charge >= 0.3 is 0 Å². The normalized spacial score (nSPS) is 20.0. The molecule has 1 fully saturated rings. The first kappa shape index (κ1) is 11.9. The second-order valence-electron chi connectivity index (χ2n) is 3.98. The summed E-state index contributed by atoms with van der Waals surface area (Å²) in [6.07, 6.45) is 0.764. The van der Waals surface area contributed by atoms with Crippen LogP contribution in [0.3, 0.4) is 0 Å². The van der Waals surface area contributed by atoms with Gasteiger partial charge in [-0.05, 0) is 25.1 Å². The molecule has 1 aliphatic rings. The summed E-state index contributed by atoms with van der Waals surface area (Å²) in [5.74, 6) is -0.0250. The van der Waals surface area contributed by atoms with Crippen LogP contribution in [0, 0.1) is 0 Å². The smallest absolute Gasteiger partial charge is 0.242 e. The van der Waals surface area contributed by atoms with Crippen LogP contribution < -0.4 is 10.2 Å². The van der Waals surface area contributed by atoms with E-state index in [2.05, 4.69) is 5.32 Å². The van der Waals surface area contributed by atoms with E-state index in [9.17, 15) is 9.59 Å². The highest BCUT2D eigenvalue weighted by Gasteiger charge is 2.26. The van der Waals surface area contributed by atoms with Crippen molar-refractivity contribution in [3.63, 3.8) is 0 Å². The van der Waals surface area contributed by atoms with E-state index in [-0.39, 0.29) is 11.9 Å². The van der Waals surface area contributed by atoms with Gasteiger partial charge in [-0.1, -0.05) is 11.6 Å². The van der Waals surface area contributed by atoms with Gasteiger partial charge in [-0.25, -0.2) is 0 Å². The Bertz CT molecular complexity index is 462. The summed E-state index contributed by atoms with van der Waals surface area (Å²) in [5, 5.41) is 3.30. The van der Waals surface area contributed by atoms with Gasteiger partial charge in [0.15, 0.2) is 6.29 Å². The standard InChI is InChI=1S/C12H13ClN2O2/c1-8-12(17)14-4-5-15(8)11-3-2-10(13)6-9(11)7-16/h2-3,6-8H,4-5H2,1H3,(H,14,17). The molecule has 1 aromatic carbocycles. The van der Waals surface area contributed by atoms with Crippen LogP contribution in [-0.2, 0) is 4.79 Å². The van der Waals surface area contributed by atoms with Gasteiger partial charge < -0.3 is 10.2 Å². The van der Waals surface area contributed by atoms with E-state index in [1.807, 2.05) is 11.8 Å². The zero-order valence-corrected chi connectivity index (χ0v) is 10.2. The molecule has 90 valence electrons. The number of piperazine rings is 1. The third-order valence-corrected chi connectivity index (χ3v) is 3.16. The van der Waals surface area contributed by atoms with Crippen molar-refractivity contribution in [2.75, 3.05) is 18.0 Å². The second-order valence-corrected chi connectivity index (χ2v) is 4.42. The van der Waals surface area contributed by atoms with Gasteiger partial charge in [0.25, 0.3) is 0 Å². The maximum absolute atomic E-state index is 11.6. The molecule has 0 radical (unpaired) electrons. The third-order valence-electron chi connectivity index (χ3n) is 2.92. The van der Waals surface area contributed by atoms with Gasteiger partial charge in [-0.15, -0.1) is 0 Å². The Labute approximate surface area is 105 Å². The predicted octanol–water partition coefficient (Wildman–Crippen LogP) is 1.48. The SMILES string of the molecule is CC1C(=O)NCCN1c1ccc(Cl)cc1C=O. The van der Waals surface area contributed by atoms with Crippen LogP contribution in [0.4, 0.5) is 5.69 Å². The molecule has 0 bridgehead atoms. The van der Waals surface area contributed by atoms with Crippen molar-refractivity contribution in [1.29, 1.82) is 0 Å². The molecule has 1 heterocycles. The number of benzene rings is 1. The Morgan fingerprint density at radius 2 is 2.29 bits per heavy atom. The number of carbonyl (C=O) groups is 2. The molecule has 1 amide bonds. The minimum Gasteiger partial charge on any atom is -0.357 e. The van der Waals surface area contributed by atoms with E-state index in [4.69, 9.17) is 11.6 Å². The fourth-order valence-corrected chi connectivity index (χ4v) is 2.17. The highest BCUT2D eigenvalue weighted by molar-refractivity contribution is 6.31. The summed E-state index contributed by atoms with van der Waals surface area (Å²) in [7, 11) is 0. The lowest BCUT2D eigenvalue weighted by atomic mass is 10.1. The average Bonchev–Trinajstić information content (AvgIpc) is 2.33. The summed E-state index contributed by atoms with van der Waals surface area (Å²) in [6.45, 7) is 3.09. The Morgan fingerprint density at radius 1 is 1.53 bits per heavy atom. The number of amides is 1. The largest absolute Gasteiger partial charge is 0.357 e. The summed E-state index contributed by atoms with van der Waals surface area (Å²) in [4.78, 5) is 24.5. The van der Waals surface area contributed by atoms with Crippen molar-refractivity contribution < 1.29 is 9.59 Å². The summed E-state index contributed by atoms with van der Waals surface area (Å²) in [5.41, 5.74) is 1.27. The highest BCUT2D eigenvalue weighted by atomic mass is 35.5. The van der Waals surface area contributed by atoms with Crippen LogP contribution in [0.5, 0.6) is 0 Å². The monoisotopic (exact) mass is 252 g/mol. The minimum atomic E-state index is -0.274. The first-order chi connectivity index (χ1) is 8.13. The van der Waals surface area contributed by atoms with Crippen LogP contribution in [0.1, 0.15) is 17.3 Å². The van der Waals surface area contributed by atoms with E-state index in [1.165, 1.54) is 0 Å². The van der Waals surface area contributed by atoms with Crippen LogP contribution in [0.2, 0.25) is 5.02 Å².